The third kappa shape index (κ3) is 2.92. The Morgan fingerprint density at radius 2 is 2.29 bits per heavy atom. The van der Waals surface area contributed by atoms with Gasteiger partial charge in [-0.3, -0.25) is 0 Å². The third-order valence-electron chi connectivity index (χ3n) is 3.26. The lowest BCUT2D eigenvalue weighted by molar-refractivity contribution is 0.0449. The molecule has 1 atom stereocenters. The van der Waals surface area contributed by atoms with Gasteiger partial charge in [-0.1, -0.05) is 17.7 Å². The van der Waals surface area contributed by atoms with Crippen molar-refractivity contribution in [1.29, 1.82) is 0 Å². The summed E-state index contributed by atoms with van der Waals surface area (Å²) in [5, 5.41) is 10.8. The molecule has 1 aliphatic rings. The molecule has 0 aliphatic carbocycles. The second kappa shape index (κ2) is 4.84. The number of rotatable bonds is 2. The topological polar surface area (TPSA) is 49.5 Å². The molecule has 1 fully saturated rings. The molecule has 0 spiro atoms. The summed E-state index contributed by atoms with van der Waals surface area (Å²) in [6, 6.07) is 5.89. The molecular formula is C13H19ClN2O. The van der Waals surface area contributed by atoms with Crippen LogP contribution in [0.15, 0.2) is 18.2 Å². The van der Waals surface area contributed by atoms with E-state index in [0.29, 0.717) is 18.1 Å². The summed E-state index contributed by atoms with van der Waals surface area (Å²) < 4.78 is 0. The average molecular weight is 255 g/mol. The summed E-state index contributed by atoms with van der Waals surface area (Å²) >= 11 is 6.26. The predicted octanol–water partition coefficient (Wildman–Crippen LogP) is 2.15. The molecule has 1 aromatic carbocycles. The fourth-order valence-corrected chi connectivity index (χ4v) is 2.68. The Kier molecular flexibility index (Phi) is 3.61. The molecule has 1 aliphatic heterocycles. The first kappa shape index (κ1) is 12.7. The minimum Gasteiger partial charge on any atom is -0.388 e. The van der Waals surface area contributed by atoms with E-state index in [1.54, 1.807) is 0 Å². The van der Waals surface area contributed by atoms with Crippen LogP contribution in [0.1, 0.15) is 25.3 Å². The van der Waals surface area contributed by atoms with Gasteiger partial charge in [-0.05, 0) is 37.5 Å². The number of nitrogens with two attached hydrogens (primary N) is 1. The average Bonchev–Trinajstić information content (AvgIpc) is 2.27. The summed E-state index contributed by atoms with van der Waals surface area (Å²) in [5.41, 5.74) is 6.98. The van der Waals surface area contributed by atoms with Gasteiger partial charge in [0.2, 0.25) is 0 Å². The second-order valence-electron chi connectivity index (χ2n) is 5.01. The Labute approximate surface area is 107 Å². The summed E-state index contributed by atoms with van der Waals surface area (Å²) in [4.78, 5) is 2.14. The summed E-state index contributed by atoms with van der Waals surface area (Å²) in [6.07, 6.45) is 1.84. The lowest BCUT2D eigenvalue weighted by Crippen LogP contribution is -2.46. The Morgan fingerprint density at radius 3 is 2.88 bits per heavy atom. The molecule has 17 heavy (non-hydrogen) atoms. The van der Waals surface area contributed by atoms with Crippen LogP contribution in [-0.2, 0) is 6.54 Å². The number of aliphatic hydroxyl groups is 1. The van der Waals surface area contributed by atoms with Crippen molar-refractivity contribution >= 4 is 17.3 Å². The van der Waals surface area contributed by atoms with Crippen molar-refractivity contribution in [2.24, 2.45) is 5.73 Å². The zero-order valence-electron chi connectivity index (χ0n) is 10.1. The van der Waals surface area contributed by atoms with E-state index in [0.717, 1.165) is 30.6 Å². The smallest absolute Gasteiger partial charge is 0.0794 e. The maximum atomic E-state index is 10.1. The van der Waals surface area contributed by atoms with Crippen molar-refractivity contribution in [3.8, 4) is 0 Å². The zero-order valence-corrected chi connectivity index (χ0v) is 10.9. The number of benzene rings is 1. The molecule has 0 aromatic heterocycles. The zero-order chi connectivity index (χ0) is 12.5. The van der Waals surface area contributed by atoms with Gasteiger partial charge < -0.3 is 15.7 Å². The van der Waals surface area contributed by atoms with Crippen molar-refractivity contribution < 1.29 is 5.11 Å². The predicted molar refractivity (Wildman–Crippen MR) is 71.4 cm³/mol. The van der Waals surface area contributed by atoms with Crippen LogP contribution >= 0.6 is 11.6 Å². The van der Waals surface area contributed by atoms with E-state index >= 15 is 0 Å². The first-order valence-electron chi connectivity index (χ1n) is 5.98. The molecule has 1 aromatic rings. The van der Waals surface area contributed by atoms with Crippen molar-refractivity contribution in [3.63, 3.8) is 0 Å². The van der Waals surface area contributed by atoms with Crippen LogP contribution in [-0.4, -0.2) is 23.8 Å². The van der Waals surface area contributed by atoms with E-state index in [-0.39, 0.29) is 0 Å². The Morgan fingerprint density at radius 1 is 1.53 bits per heavy atom. The van der Waals surface area contributed by atoms with Gasteiger partial charge in [0, 0.05) is 19.6 Å². The van der Waals surface area contributed by atoms with Gasteiger partial charge in [0.15, 0.2) is 0 Å². The normalized spacial score (nSPS) is 25.1. The summed E-state index contributed by atoms with van der Waals surface area (Å²) in [5.74, 6) is 0. The van der Waals surface area contributed by atoms with Gasteiger partial charge in [0.05, 0.1) is 16.3 Å². The van der Waals surface area contributed by atoms with Crippen LogP contribution in [0.5, 0.6) is 0 Å². The highest BCUT2D eigenvalue weighted by molar-refractivity contribution is 6.33. The first-order chi connectivity index (χ1) is 8.02. The fourth-order valence-electron chi connectivity index (χ4n) is 2.36. The Bertz CT molecular complexity index is 406. The molecule has 1 heterocycles. The van der Waals surface area contributed by atoms with E-state index in [2.05, 4.69) is 4.90 Å². The van der Waals surface area contributed by atoms with Crippen LogP contribution in [0.25, 0.3) is 0 Å². The van der Waals surface area contributed by atoms with Gasteiger partial charge in [0.1, 0.15) is 0 Å². The molecule has 4 heteroatoms. The van der Waals surface area contributed by atoms with Crippen LogP contribution in [0.4, 0.5) is 5.69 Å². The van der Waals surface area contributed by atoms with Gasteiger partial charge in [-0.15, -0.1) is 0 Å². The van der Waals surface area contributed by atoms with Crippen molar-refractivity contribution in [2.75, 3.05) is 18.0 Å². The maximum Gasteiger partial charge on any atom is 0.0794 e. The van der Waals surface area contributed by atoms with Crippen molar-refractivity contribution in [1.82, 2.24) is 0 Å². The number of hydrogen-bond donors (Lipinski definition) is 2. The Balaban J connectivity index is 2.22. The number of β-amino-alcohol motifs (C(OH)–C–C–N with tert-alkyl or cyclic N) is 1. The summed E-state index contributed by atoms with van der Waals surface area (Å²) in [6.45, 7) is 3.95. The van der Waals surface area contributed by atoms with E-state index in [9.17, 15) is 5.11 Å². The van der Waals surface area contributed by atoms with E-state index in [1.807, 2.05) is 25.1 Å². The number of nitrogens with zero attached hydrogens (tertiary/aromatic N) is 1. The number of anilines is 1. The quantitative estimate of drug-likeness (QED) is 0.850. The van der Waals surface area contributed by atoms with Gasteiger partial charge in [0.25, 0.3) is 0 Å². The molecular weight excluding hydrogens is 236 g/mol. The lowest BCUT2D eigenvalue weighted by atomic mass is 9.94. The minimum atomic E-state index is -0.617. The molecule has 3 nitrogen and oxygen atoms in total. The summed E-state index contributed by atoms with van der Waals surface area (Å²) in [7, 11) is 0. The largest absolute Gasteiger partial charge is 0.388 e. The molecule has 0 radical (unpaired) electrons. The lowest BCUT2D eigenvalue weighted by Gasteiger charge is -2.38. The van der Waals surface area contributed by atoms with E-state index in [1.165, 1.54) is 0 Å². The second-order valence-corrected chi connectivity index (χ2v) is 5.42. The Hall–Kier alpha value is -0.770. The van der Waals surface area contributed by atoms with Gasteiger partial charge >= 0.3 is 0 Å². The highest BCUT2D eigenvalue weighted by atomic mass is 35.5. The maximum absolute atomic E-state index is 10.1. The van der Waals surface area contributed by atoms with E-state index in [4.69, 9.17) is 17.3 Å². The standard InChI is InChI=1S/C13H19ClN2O/c1-13(17)5-2-6-16(9-13)12-4-3-10(8-15)7-11(12)14/h3-4,7,17H,2,5-6,8-9,15H2,1H3. The molecule has 2 rings (SSSR count). The highest BCUT2D eigenvalue weighted by Gasteiger charge is 2.29. The van der Waals surface area contributed by atoms with E-state index < -0.39 is 5.60 Å². The molecule has 0 bridgehead atoms. The SMILES string of the molecule is CC1(O)CCCN(c2ccc(CN)cc2Cl)C1. The van der Waals surface area contributed by atoms with Crippen LogP contribution < -0.4 is 10.6 Å². The molecule has 3 N–H and O–H groups in total. The minimum absolute atomic E-state index is 0.498. The molecule has 0 amide bonds. The van der Waals surface area contributed by atoms with Gasteiger partial charge in [-0.2, -0.15) is 0 Å². The van der Waals surface area contributed by atoms with Crippen molar-refractivity contribution in [3.05, 3.63) is 28.8 Å². The molecule has 0 saturated carbocycles. The number of piperidine rings is 1. The van der Waals surface area contributed by atoms with Crippen LogP contribution in [0, 0.1) is 0 Å². The third-order valence-corrected chi connectivity index (χ3v) is 3.57. The first-order valence-corrected chi connectivity index (χ1v) is 6.35. The van der Waals surface area contributed by atoms with Crippen LogP contribution in [0.2, 0.25) is 5.02 Å². The monoisotopic (exact) mass is 254 g/mol. The number of halogens is 1. The van der Waals surface area contributed by atoms with Crippen LogP contribution in [0.3, 0.4) is 0 Å². The molecule has 94 valence electrons. The fraction of sp³-hybridized carbons (Fsp3) is 0.538. The number of hydrogen-bond acceptors (Lipinski definition) is 3. The highest BCUT2D eigenvalue weighted by Crippen LogP contribution is 2.31. The molecule has 1 saturated heterocycles. The molecule has 1 unspecified atom stereocenters. The van der Waals surface area contributed by atoms with Gasteiger partial charge in [-0.25, -0.2) is 0 Å². The van der Waals surface area contributed by atoms with Crippen molar-refractivity contribution in [2.45, 2.75) is 31.9 Å².